The molecule has 0 bridgehead atoms. The molecule has 0 saturated carbocycles. The van der Waals surface area contributed by atoms with Crippen LogP contribution in [0.5, 0.6) is 0 Å². The van der Waals surface area contributed by atoms with Gasteiger partial charge in [0.2, 0.25) is 5.89 Å². The summed E-state index contributed by atoms with van der Waals surface area (Å²) in [5, 5.41) is 8.80. The topological polar surface area (TPSA) is 80.0 Å². The highest BCUT2D eigenvalue weighted by Crippen LogP contribution is 2.18. The molecule has 0 aliphatic heterocycles. The molecule has 100 valence electrons. The van der Waals surface area contributed by atoms with Gasteiger partial charge in [0.05, 0.1) is 11.3 Å². The molecule has 19 heavy (non-hydrogen) atoms. The Kier molecular flexibility index (Phi) is 4.07. The maximum Gasteiger partial charge on any atom is 0.253 e. The largest absolute Gasteiger partial charge is 0.385 e. The van der Waals surface area contributed by atoms with Crippen molar-refractivity contribution >= 4 is 11.6 Å². The number of para-hydroxylation sites is 1. The Balaban J connectivity index is 1.98. The van der Waals surface area contributed by atoms with Crippen LogP contribution in [0.4, 0.5) is 10.1 Å². The summed E-state index contributed by atoms with van der Waals surface area (Å²) in [6, 6.07) is 4.33. The molecule has 7 heteroatoms. The summed E-state index contributed by atoms with van der Waals surface area (Å²) >= 11 is 0. The van der Waals surface area contributed by atoms with Crippen molar-refractivity contribution in [1.29, 1.82) is 0 Å². The number of halogens is 1. The number of amides is 1. The van der Waals surface area contributed by atoms with Gasteiger partial charge in [-0.05, 0) is 12.1 Å². The Morgan fingerprint density at radius 2 is 2.32 bits per heavy atom. The Morgan fingerprint density at radius 1 is 1.47 bits per heavy atom. The first kappa shape index (κ1) is 13.0. The van der Waals surface area contributed by atoms with Gasteiger partial charge in [-0.3, -0.25) is 4.79 Å². The summed E-state index contributed by atoms with van der Waals surface area (Å²) < 4.78 is 18.3. The van der Waals surface area contributed by atoms with E-state index in [9.17, 15) is 9.18 Å². The van der Waals surface area contributed by atoms with E-state index in [4.69, 9.17) is 4.52 Å². The molecular formula is C12H13FN4O2. The van der Waals surface area contributed by atoms with E-state index >= 15 is 0 Å². The SMILES string of the molecule is CNc1c(F)cccc1C(=O)NCCc1ncno1. The van der Waals surface area contributed by atoms with Crippen LogP contribution in [0.3, 0.4) is 0 Å². The molecule has 6 nitrogen and oxygen atoms in total. The fourth-order valence-electron chi connectivity index (χ4n) is 1.65. The standard InChI is InChI=1S/C12H13FN4O2/c1-14-11-8(3-2-4-9(11)13)12(18)15-6-5-10-16-7-17-19-10/h2-4,7,14H,5-6H2,1H3,(H,15,18). The van der Waals surface area contributed by atoms with Crippen LogP contribution in [0, 0.1) is 5.82 Å². The highest BCUT2D eigenvalue weighted by molar-refractivity contribution is 5.99. The molecule has 0 radical (unpaired) electrons. The van der Waals surface area contributed by atoms with Crippen molar-refractivity contribution in [3.63, 3.8) is 0 Å². The predicted molar refractivity (Wildman–Crippen MR) is 66.3 cm³/mol. The molecule has 2 aromatic rings. The Bertz CT molecular complexity index is 557. The lowest BCUT2D eigenvalue weighted by Crippen LogP contribution is -2.26. The Morgan fingerprint density at radius 3 is 3.00 bits per heavy atom. The fourth-order valence-corrected chi connectivity index (χ4v) is 1.65. The van der Waals surface area contributed by atoms with Gasteiger partial charge >= 0.3 is 0 Å². The summed E-state index contributed by atoms with van der Waals surface area (Å²) in [7, 11) is 1.56. The first-order chi connectivity index (χ1) is 9.22. The lowest BCUT2D eigenvalue weighted by molar-refractivity contribution is 0.0954. The number of aromatic nitrogens is 2. The van der Waals surface area contributed by atoms with Crippen LogP contribution in [0.1, 0.15) is 16.2 Å². The third-order valence-corrected chi connectivity index (χ3v) is 2.54. The molecule has 1 amide bonds. The monoisotopic (exact) mass is 264 g/mol. The molecule has 0 aliphatic rings. The van der Waals surface area contributed by atoms with E-state index in [-0.39, 0.29) is 17.2 Å². The van der Waals surface area contributed by atoms with E-state index in [1.807, 2.05) is 0 Å². The van der Waals surface area contributed by atoms with E-state index in [1.165, 1.54) is 18.5 Å². The Labute approximate surface area is 109 Å². The van der Waals surface area contributed by atoms with Gasteiger partial charge in [0, 0.05) is 20.0 Å². The van der Waals surface area contributed by atoms with Crippen LogP contribution in [0.2, 0.25) is 0 Å². The van der Waals surface area contributed by atoms with E-state index < -0.39 is 5.82 Å². The molecular weight excluding hydrogens is 251 g/mol. The second-order valence-corrected chi connectivity index (χ2v) is 3.75. The smallest absolute Gasteiger partial charge is 0.253 e. The summed E-state index contributed by atoms with van der Waals surface area (Å²) in [5.41, 5.74) is 0.436. The number of carbonyl (C=O) groups excluding carboxylic acids is 1. The lowest BCUT2D eigenvalue weighted by Gasteiger charge is -2.09. The first-order valence-electron chi connectivity index (χ1n) is 5.72. The second-order valence-electron chi connectivity index (χ2n) is 3.75. The molecule has 0 unspecified atom stereocenters. The summed E-state index contributed by atoms with van der Waals surface area (Å²) in [5.74, 6) is -0.385. The van der Waals surface area contributed by atoms with E-state index in [0.29, 0.717) is 18.9 Å². The maximum absolute atomic E-state index is 13.5. The summed E-state index contributed by atoms with van der Waals surface area (Å²) in [6.45, 7) is 0.334. The number of benzene rings is 1. The molecule has 0 fully saturated rings. The third-order valence-electron chi connectivity index (χ3n) is 2.54. The number of hydrogen-bond acceptors (Lipinski definition) is 5. The van der Waals surface area contributed by atoms with Crippen molar-refractivity contribution in [3.05, 3.63) is 41.8 Å². The average Bonchev–Trinajstić information content (AvgIpc) is 2.91. The van der Waals surface area contributed by atoms with Gasteiger partial charge in [-0.25, -0.2) is 4.39 Å². The van der Waals surface area contributed by atoms with Gasteiger partial charge in [-0.2, -0.15) is 4.98 Å². The van der Waals surface area contributed by atoms with Gasteiger partial charge < -0.3 is 15.2 Å². The minimum Gasteiger partial charge on any atom is -0.385 e. The molecule has 0 aliphatic carbocycles. The zero-order chi connectivity index (χ0) is 13.7. The molecule has 0 atom stereocenters. The number of anilines is 1. The quantitative estimate of drug-likeness (QED) is 0.848. The molecule has 0 saturated heterocycles. The van der Waals surface area contributed by atoms with Crippen LogP contribution in [-0.4, -0.2) is 29.6 Å². The predicted octanol–water partition coefficient (Wildman–Crippen LogP) is 1.22. The average molecular weight is 264 g/mol. The van der Waals surface area contributed by atoms with Crippen molar-refractivity contribution in [2.24, 2.45) is 0 Å². The molecule has 2 N–H and O–H groups in total. The number of carbonyl (C=O) groups is 1. The van der Waals surface area contributed by atoms with Gasteiger partial charge in [0.25, 0.3) is 5.91 Å². The van der Waals surface area contributed by atoms with Crippen molar-refractivity contribution in [1.82, 2.24) is 15.5 Å². The number of nitrogens with one attached hydrogen (secondary N) is 2. The lowest BCUT2D eigenvalue weighted by atomic mass is 10.1. The van der Waals surface area contributed by atoms with Gasteiger partial charge in [-0.15, -0.1) is 0 Å². The highest BCUT2D eigenvalue weighted by Gasteiger charge is 2.13. The van der Waals surface area contributed by atoms with Gasteiger partial charge in [0.1, 0.15) is 5.82 Å². The minimum atomic E-state index is -0.466. The van der Waals surface area contributed by atoms with Crippen LogP contribution >= 0.6 is 0 Å². The van der Waals surface area contributed by atoms with Crippen LogP contribution in [0.25, 0.3) is 0 Å². The van der Waals surface area contributed by atoms with Gasteiger partial charge in [-0.1, -0.05) is 11.2 Å². The van der Waals surface area contributed by atoms with E-state index in [0.717, 1.165) is 0 Å². The molecule has 1 aromatic carbocycles. The summed E-state index contributed by atoms with van der Waals surface area (Å²) in [4.78, 5) is 15.8. The van der Waals surface area contributed by atoms with Crippen molar-refractivity contribution in [2.45, 2.75) is 6.42 Å². The normalized spacial score (nSPS) is 10.2. The highest BCUT2D eigenvalue weighted by atomic mass is 19.1. The van der Waals surface area contributed by atoms with Crippen LogP contribution in [0.15, 0.2) is 29.0 Å². The maximum atomic E-state index is 13.5. The minimum absolute atomic E-state index is 0.179. The zero-order valence-electron chi connectivity index (χ0n) is 10.3. The van der Waals surface area contributed by atoms with Crippen molar-refractivity contribution in [3.8, 4) is 0 Å². The number of nitrogens with zero attached hydrogens (tertiary/aromatic N) is 2. The Hall–Kier alpha value is -2.44. The van der Waals surface area contributed by atoms with E-state index in [2.05, 4.69) is 20.8 Å². The molecule has 0 spiro atoms. The third kappa shape index (κ3) is 3.06. The molecule has 2 rings (SSSR count). The van der Waals surface area contributed by atoms with Crippen LogP contribution < -0.4 is 10.6 Å². The number of hydrogen-bond donors (Lipinski definition) is 2. The van der Waals surface area contributed by atoms with E-state index in [1.54, 1.807) is 13.1 Å². The fraction of sp³-hybridized carbons (Fsp3) is 0.250. The number of rotatable bonds is 5. The van der Waals surface area contributed by atoms with Crippen LogP contribution in [-0.2, 0) is 6.42 Å². The van der Waals surface area contributed by atoms with Crippen molar-refractivity contribution < 1.29 is 13.7 Å². The van der Waals surface area contributed by atoms with Crippen molar-refractivity contribution in [2.75, 3.05) is 18.9 Å². The summed E-state index contributed by atoms with van der Waals surface area (Å²) in [6.07, 6.45) is 1.72. The second kappa shape index (κ2) is 5.94. The molecule has 1 aromatic heterocycles. The van der Waals surface area contributed by atoms with Gasteiger partial charge in [0.15, 0.2) is 6.33 Å². The zero-order valence-corrected chi connectivity index (χ0v) is 10.3. The molecule has 1 heterocycles. The first-order valence-corrected chi connectivity index (χ1v) is 5.72.